The SMILES string of the molecule is CC(Sc1nnnn1Cc1cccs1)C(=O)Nc1ncc(Cl)cc1Cl. The Labute approximate surface area is 161 Å². The van der Waals surface area contributed by atoms with Gasteiger partial charge in [0.05, 0.1) is 21.8 Å². The second kappa shape index (κ2) is 8.13. The van der Waals surface area contributed by atoms with E-state index in [1.165, 1.54) is 24.0 Å². The molecule has 0 saturated carbocycles. The molecule has 3 rings (SSSR count). The fourth-order valence-electron chi connectivity index (χ4n) is 1.87. The molecule has 0 spiro atoms. The van der Waals surface area contributed by atoms with Gasteiger partial charge in [-0.25, -0.2) is 9.67 Å². The largest absolute Gasteiger partial charge is 0.308 e. The first-order valence-electron chi connectivity index (χ1n) is 7.10. The molecule has 11 heteroatoms. The minimum absolute atomic E-state index is 0.257. The number of tetrazole rings is 1. The molecule has 0 aliphatic rings. The lowest BCUT2D eigenvalue weighted by Gasteiger charge is -2.12. The van der Waals surface area contributed by atoms with Gasteiger partial charge in [0.2, 0.25) is 11.1 Å². The van der Waals surface area contributed by atoms with Gasteiger partial charge in [0.15, 0.2) is 5.82 Å². The number of amides is 1. The van der Waals surface area contributed by atoms with E-state index in [1.807, 2.05) is 17.5 Å². The van der Waals surface area contributed by atoms with E-state index in [2.05, 4.69) is 25.8 Å². The molecule has 3 aromatic rings. The van der Waals surface area contributed by atoms with Crippen molar-refractivity contribution in [3.63, 3.8) is 0 Å². The van der Waals surface area contributed by atoms with Crippen LogP contribution in [0.3, 0.4) is 0 Å². The van der Waals surface area contributed by atoms with E-state index in [0.29, 0.717) is 16.7 Å². The lowest BCUT2D eigenvalue weighted by molar-refractivity contribution is -0.115. The van der Waals surface area contributed by atoms with E-state index in [-0.39, 0.29) is 16.7 Å². The highest BCUT2D eigenvalue weighted by Gasteiger charge is 2.20. The van der Waals surface area contributed by atoms with Crippen molar-refractivity contribution in [2.75, 3.05) is 5.32 Å². The summed E-state index contributed by atoms with van der Waals surface area (Å²) in [5.41, 5.74) is 0. The number of pyridine rings is 1. The van der Waals surface area contributed by atoms with Crippen molar-refractivity contribution >= 4 is 58.0 Å². The van der Waals surface area contributed by atoms with Crippen LogP contribution in [0.2, 0.25) is 10.0 Å². The van der Waals surface area contributed by atoms with Gasteiger partial charge in [0.25, 0.3) is 0 Å². The number of thioether (sulfide) groups is 1. The number of carbonyl (C=O) groups is 1. The third kappa shape index (κ3) is 4.69. The number of thiophene rings is 1. The summed E-state index contributed by atoms with van der Waals surface area (Å²) < 4.78 is 1.66. The Morgan fingerprint density at radius 2 is 2.32 bits per heavy atom. The number of carbonyl (C=O) groups excluding carboxylic acids is 1. The van der Waals surface area contributed by atoms with Crippen molar-refractivity contribution in [2.24, 2.45) is 0 Å². The average Bonchev–Trinajstić information content (AvgIpc) is 3.23. The van der Waals surface area contributed by atoms with Crippen LogP contribution < -0.4 is 5.32 Å². The third-order valence-corrected chi connectivity index (χ3v) is 5.51. The van der Waals surface area contributed by atoms with Crippen molar-refractivity contribution in [2.45, 2.75) is 23.9 Å². The summed E-state index contributed by atoms with van der Waals surface area (Å²) in [7, 11) is 0. The van der Waals surface area contributed by atoms with Crippen LogP contribution in [0.5, 0.6) is 0 Å². The van der Waals surface area contributed by atoms with Gasteiger partial charge >= 0.3 is 0 Å². The second-order valence-corrected chi connectivity index (χ2v) is 8.12. The molecule has 1 unspecified atom stereocenters. The summed E-state index contributed by atoms with van der Waals surface area (Å²) in [6.45, 7) is 2.32. The van der Waals surface area contributed by atoms with Crippen molar-refractivity contribution in [1.29, 1.82) is 0 Å². The maximum Gasteiger partial charge on any atom is 0.238 e. The molecule has 130 valence electrons. The van der Waals surface area contributed by atoms with E-state index < -0.39 is 5.25 Å². The quantitative estimate of drug-likeness (QED) is 0.620. The maximum absolute atomic E-state index is 12.4. The normalized spacial score (nSPS) is 12.1. The van der Waals surface area contributed by atoms with Crippen molar-refractivity contribution in [3.05, 3.63) is 44.7 Å². The molecular weight excluding hydrogens is 403 g/mol. The van der Waals surface area contributed by atoms with Gasteiger partial charge in [-0.2, -0.15) is 0 Å². The van der Waals surface area contributed by atoms with Gasteiger partial charge in [-0.05, 0) is 34.9 Å². The Bertz CT molecular complexity index is 870. The summed E-state index contributed by atoms with van der Waals surface area (Å²) in [5.74, 6) is 0.00842. The van der Waals surface area contributed by atoms with Gasteiger partial charge in [0.1, 0.15) is 0 Å². The first-order chi connectivity index (χ1) is 12.0. The minimum atomic E-state index is -0.443. The molecule has 0 aromatic carbocycles. The highest BCUT2D eigenvalue weighted by molar-refractivity contribution is 8.00. The molecule has 0 saturated heterocycles. The van der Waals surface area contributed by atoms with Crippen LogP contribution in [-0.2, 0) is 11.3 Å². The molecule has 0 bridgehead atoms. The predicted molar refractivity (Wildman–Crippen MR) is 99.4 cm³/mol. The Hall–Kier alpha value is -1.68. The fourth-order valence-corrected chi connectivity index (χ4v) is 3.77. The van der Waals surface area contributed by atoms with Crippen molar-refractivity contribution in [1.82, 2.24) is 25.2 Å². The van der Waals surface area contributed by atoms with Gasteiger partial charge < -0.3 is 5.32 Å². The van der Waals surface area contributed by atoms with Gasteiger partial charge in [-0.3, -0.25) is 4.79 Å². The summed E-state index contributed by atoms with van der Waals surface area (Å²) in [6.07, 6.45) is 1.42. The molecule has 1 amide bonds. The minimum Gasteiger partial charge on any atom is -0.308 e. The van der Waals surface area contributed by atoms with Crippen molar-refractivity contribution < 1.29 is 4.79 Å². The number of anilines is 1. The number of hydrogen-bond acceptors (Lipinski definition) is 7. The molecule has 0 fully saturated rings. The zero-order chi connectivity index (χ0) is 17.8. The van der Waals surface area contributed by atoms with E-state index in [0.717, 1.165) is 4.88 Å². The molecule has 0 aliphatic carbocycles. The molecular formula is C14H12Cl2N6OS2. The van der Waals surface area contributed by atoms with Crippen LogP contribution in [0, 0.1) is 0 Å². The molecule has 0 aliphatic heterocycles. The number of halogens is 2. The first kappa shape index (κ1) is 18.1. The van der Waals surface area contributed by atoms with Crippen LogP contribution in [0.1, 0.15) is 11.8 Å². The van der Waals surface area contributed by atoms with Crippen LogP contribution >= 0.6 is 46.3 Å². The Morgan fingerprint density at radius 1 is 1.48 bits per heavy atom. The van der Waals surface area contributed by atoms with Gasteiger partial charge in [-0.1, -0.05) is 41.0 Å². The lowest BCUT2D eigenvalue weighted by atomic mass is 10.4. The Balaban J connectivity index is 1.65. The van der Waals surface area contributed by atoms with Gasteiger partial charge in [-0.15, -0.1) is 16.4 Å². The topological polar surface area (TPSA) is 85.6 Å². The smallest absolute Gasteiger partial charge is 0.238 e. The number of hydrogen-bond donors (Lipinski definition) is 1. The third-order valence-electron chi connectivity index (χ3n) is 3.09. The second-order valence-electron chi connectivity index (χ2n) is 4.93. The van der Waals surface area contributed by atoms with E-state index in [1.54, 1.807) is 22.9 Å². The number of nitrogens with zero attached hydrogens (tertiary/aromatic N) is 5. The number of nitrogens with one attached hydrogen (secondary N) is 1. The molecule has 3 aromatic heterocycles. The monoisotopic (exact) mass is 414 g/mol. The van der Waals surface area contributed by atoms with E-state index >= 15 is 0 Å². The summed E-state index contributed by atoms with van der Waals surface area (Å²) >= 11 is 14.7. The maximum atomic E-state index is 12.4. The number of rotatable bonds is 6. The highest BCUT2D eigenvalue weighted by atomic mass is 35.5. The fraction of sp³-hybridized carbons (Fsp3) is 0.214. The van der Waals surface area contributed by atoms with Crippen LogP contribution in [0.25, 0.3) is 0 Å². The van der Waals surface area contributed by atoms with Gasteiger partial charge in [0, 0.05) is 11.1 Å². The Kier molecular flexibility index (Phi) is 5.89. The van der Waals surface area contributed by atoms with Crippen molar-refractivity contribution in [3.8, 4) is 0 Å². The van der Waals surface area contributed by atoms with Crippen LogP contribution in [-0.4, -0.2) is 36.3 Å². The summed E-state index contributed by atoms with van der Waals surface area (Å²) in [5, 5.41) is 17.1. The highest BCUT2D eigenvalue weighted by Crippen LogP contribution is 2.25. The molecule has 7 nitrogen and oxygen atoms in total. The van der Waals surface area contributed by atoms with E-state index in [4.69, 9.17) is 23.2 Å². The Morgan fingerprint density at radius 3 is 3.04 bits per heavy atom. The number of aromatic nitrogens is 5. The molecule has 25 heavy (non-hydrogen) atoms. The molecule has 3 heterocycles. The molecule has 1 N–H and O–H groups in total. The standard InChI is InChI=1S/C14H12Cl2N6OS2/c1-8(13(23)18-12-11(16)5-9(15)6-17-12)25-14-19-20-21-22(14)7-10-3-2-4-24-10/h2-6,8H,7H2,1H3,(H,17,18,23). The summed E-state index contributed by atoms with van der Waals surface area (Å²) in [4.78, 5) is 17.5. The summed E-state index contributed by atoms with van der Waals surface area (Å²) in [6, 6.07) is 5.49. The van der Waals surface area contributed by atoms with Crippen LogP contribution in [0.4, 0.5) is 5.82 Å². The zero-order valence-corrected chi connectivity index (χ0v) is 16.0. The average molecular weight is 415 g/mol. The molecule has 1 atom stereocenters. The molecule has 0 radical (unpaired) electrons. The van der Waals surface area contributed by atoms with E-state index in [9.17, 15) is 4.79 Å². The van der Waals surface area contributed by atoms with Crippen LogP contribution in [0.15, 0.2) is 34.9 Å². The lowest BCUT2D eigenvalue weighted by Crippen LogP contribution is -2.23. The first-order valence-corrected chi connectivity index (χ1v) is 9.61. The zero-order valence-electron chi connectivity index (χ0n) is 12.9. The predicted octanol–water partition coefficient (Wildman–Crippen LogP) is 3.60.